The minimum absolute atomic E-state index is 0.0591. The van der Waals surface area contributed by atoms with Crippen LogP contribution in [0.15, 0.2) is 60.4 Å². The van der Waals surface area contributed by atoms with Gasteiger partial charge in [-0.3, -0.25) is 18.9 Å². The van der Waals surface area contributed by atoms with Gasteiger partial charge in [0, 0.05) is 81.5 Å². The van der Waals surface area contributed by atoms with E-state index >= 15 is 0 Å². The average molecular weight is 505 g/mol. The summed E-state index contributed by atoms with van der Waals surface area (Å²) in [4.78, 5) is 26.9. The molecule has 1 N–H and O–H groups in total. The lowest BCUT2D eigenvalue weighted by Gasteiger charge is -2.42. The van der Waals surface area contributed by atoms with Crippen molar-refractivity contribution in [2.24, 2.45) is 0 Å². The molecule has 5 heterocycles. The summed E-state index contributed by atoms with van der Waals surface area (Å²) in [6.45, 7) is 15.8. The molecule has 2 fully saturated rings. The Hall–Kier alpha value is -3.50. The molecule has 0 aromatic carbocycles. The Bertz CT molecular complexity index is 1310. The lowest BCUT2D eigenvalue weighted by Crippen LogP contribution is -2.53. The molecule has 0 aliphatic carbocycles. The molecule has 0 amide bonds. The van der Waals surface area contributed by atoms with Gasteiger partial charge < -0.3 is 15.0 Å². The second-order valence-electron chi connectivity index (χ2n) is 9.71. The molecule has 0 bridgehead atoms. The zero-order valence-electron chi connectivity index (χ0n) is 21.6. The standard InChI is InChI=1S/C27H36N8O2/c1-4-20(3)33-11-10-32(23(5-2)19-33)12-13-34-25(36)7-6-21-16-28-27(31-26(21)34)30-22-17-29-35(18-22)24-8-14-37-15-9-24/h4,6-7,16-18,23-24H,1,3,5,8-15,19H2,2H3,(H,28,30,31). The first-order valence-electron chi connectivity index (χ1n) is 13.1. The molecule has 1 atom stereocenters. The fourth-order valence-corrected chi connectivity index (χ4v) is 5.22. The SMILES string of the molecule is C=CC(=C)N1CCN(CCn2c(=O)ccc3cnc(Nc4cnn(C5CCOCC5)c4)nc32)C(CC)C1. The van der Waals surface area contributed by atoms with Gasteiger partial charge in [-0.1, -0.05) is 20.1 Å². The van der Waals surface area contributed by atoms with Crippen molar-refractivity contribution in [1.29, 1.82) is 0 Å². The maximum absolute atomic E-state index is 12.9. The summed E-state index contributed by atoms with van der Waals surface area (Å²) in [5.74, 6) is 0.446. The molecule has 196 valence electrons. The third kappa shape index (κ3) is 5.60. The molecule has 0 spiro atoms. The fraction of sp³-hybridized carbons (Fsp3) is 0.481. The van der Waals surface area contributed by atoms with Crippen molar-refractivity contribution in [2.45, 2.75) is 44.8 Å². The highest BCUT2D eigenvalue weighted by molar-refractivity contribution is 5.75. The van der Waals surface area contributed by atoms with Gasteiger partial charge in [0.05, 0.1) is 17.9 Å². The van der Waals surface area contributed by atoms with Crippen molar-refractivity contribution in [3.05, 3.63) is 66.0 Å². The molecule has 1 unspecified atom stereocenters. The number of fused-ring (bicyclic) bond motifs is 1. The first kappa shape index (κ1) is 25.2. The van der Waals surface area contributed by atoms with Gasteiger partial charge in [0.1, 0.15) is 5.65 Å². The van der Waals surface area contributed by atoms with Crippen LogP contribution in [0.3, 0.4) is 0 Å². The van der Waals surface area contributed by atoms with Gasteiger partial charge in [-0.25, -0.2) is 4.98 Å². The van der Waals surface area contributed by atoms with Gasteiger partial charge in [-0.2, -0.15) is 10.1 Å². The second kappa shape index (κ2) is 11.3. The fourth-order valence-electron chi connectivity index (χ4n) is 5.22. The van der Waals surface area contributed by atoms with E-state index in [1.165, 1.54) is 0 Å². The van der Waals surface area contributed by atoms with E-state index < -0.39 is 0 Å². The smallest absolute Gasteiger partial charge is 0.252 e. The molecule has 3 aromatic heterocycles. The van der Waals surface area contributed by atoms with E-state index in [1.807, 2.05) is 17.0 Å². The van der Waals surface area contributed by atoms with Crippen LogP contribution >= 0.6 is 0 Å². The minimum atomic E-state index is -0.0591. The van der Waals surface area contributed by atoms with Crippen molar-refractivity contribution in [2.75, 3.05) is 44.7 Å². The first-order chi connectivity index (χ1) is 18.1. The predicted molar refractivity (Wildman–Crippen MR) is 145 cm³/mol. The van der Waals surface area contributed by atoms with Crippen molar-refractivity contribution in [1.82, 2.24) is 34.1 Å². The molecule has 37 heavy (non-hydrogen) atoms. The van der Waals surface area contributed by atoms with E-state index in [0.29, 0.717) is 30.2 Å². The Morgan fingerprint density at radius 1 is 1.22 bits per heavy atom. The van der Waals surface area contributed by atoms with Crippen LogP contribution in [-0.4, -0.2) is 79.5 Å². The van der Waals surface area contributed by atoms with Gasteiger partial charge in [0.15, 0.2) is 0 Å². The van der Waals surface area contributed by atoms with E-state index in [1.54, 1.807) is 29.1 Å². The summed E-state index contributed by atoms with van der Waals surface area (Å²) in [7, 11) is 0. The number of anilines is 2. The quantitative estimate of drug-likeness (QED) is 0.444. The monoisotopic (exact) mass is 504 g/mol. The highest BCUT2D eigenvalue weighted by Crippen LogP contribution is 2.23. The summed E-state index contributed by atoms with van der Waals surface area (Å²) >= 11 is 0. The summed E-state index contributed by atoms with van der Waals surface area (Å²) in [5.41, 5.74) is 2.36. The molecule has 2 aliphatic rings. The van der Waals surface area contributed by atoms with Crippen LogP contribution < -0.4 is 10.9 Å². The Kier molecular flexibility index (Phi) is 7.66. The van der Waals surface area contributed by atoms with E-state index in [4.69, 9.17) is 9.72 Å². The Balaban J connectivity index is 1.31. The zero-order chi connectivity index (χ0) is 25.8. The van der Waals surface area contributed by atoms with Gasteiger partial charge in [0.2, 0.25) is 5.95 Å². The summed E-state index contributed by atoms with van der Waals surface area (Å²) in [6, 6.07) is 4.13. The first-order valence-corrected chi connectivity index (χ1v) is 13.1. The predicted octanol–water partition coefficient (Wildman–Crippen LogP) is 3.18. The molecule has 2 saturated heterocycles. The molecular formula is C27H36N8O2. The number of piperazine rings is 1. The normalized spacial score (nSPS) is 19.3. The van der Waals surface area contributed by atoms with Gasteiger partial charge in [-0.05, 0) is 31.4 Å². The molecule has 10 nitrogen and oxygen atoms in total. The molecular weight excluding hydrogens is 468 g/mol. The number of hydrogen-bond donors (Lipinski definition) is 1. The third-order valence-electron chi connectivity index (χ3n) is 7.47. The third-order valence-corrected chi connectivity index (χ3v) is 7.47. The van der Waals surface area contributed by atoms with E-state index in [-0.39, 0.29) is 5.56 Å². The highest BCUT2D eigenvalue weighted by atomic mass is 16.5. The molecule has 2 aliphatic heterocycles. The molecule has 0 saturated carbocycles. The second-order valence-corrected chi connectivity index (χ2v) is 9.71. The maximum atomic E-state index is 12.9. The molecule has 0 radical (unpaired) electrons. The van der Waals surface area contributed by atoms with Crippen LogP contribution in [0.4, 0.5) is 11.6 Å². The number of allylic oxidation sites excluding steroid dienone is 1. The number of hydrogen-bond acceptors (Lipinski definition) is 8. The van der Waals surface area contributed by atoms with Crippen molar-refractivity contribution < 1.29 is 4.74 Å². The number of ether oxygens (including phenoxy) is 1. The van der Waals surface area contributed by atoms with Crippen LogP contribution in [0.25, 0.3) is 11.0 Å². The summed E-state index contributed by atoms with van der Waals surface area (Å²) in [5, 5.41) is 8.61. The van der Waals surface area contributed by atoms with Gasteiger partial charge >= 0.3 is 0 Å². The van der Waals surface area contributed by atoms with Gasteiger partial charge in [-0.15, -0.1) is 0 Å². The van der Waals surface area contributed by atoms with E-state index in [9.17, 15) is 4.79 Å². The maximum Gasteiger partial charge on any atom is 0.252 e. The number of nitrogens with one attached hydrogen (secondary N) is 1. The topological polar surface area (TPSA) is 93.3 Å². The Morgan fingerprint density at radius 3 is 2.84 bits per heavy atom. The van der Waals surface area contributed by atoms with Crippen molar-refractivity contribution in [3.8, 4) is 0 Å². The Labute approximate surface area is 217 Å². The summed E-state index contributed by atoms with van der Waals surface area (Å²) < 4.78 is 9.20. The number of nitrogens with zero attached hydrogens (tertiary/aromatic N) is 7. The van der Waals surface area contributed by atoms with Gasteiger partial charge in [0.25, 0.3) is 5.56 Å². The number of pyridine rings is 1. The zero-order valence-corrected chi connectivity index (χ0v) is 21.6. The van der Waals surface area contributed by atoms with Crippen LogP contribution in [0.1, 0.15) is 32.2 Å². The van der Waals surface area contributed by atoms with Crippen LogP contribution in [0.5, 0.6) is 0 Å². The average Bonchev–Trinajstić information content (AvgIpc) is 3.41. The lowest BCUT2D eigenvalue weighted by molar-refractivity contribution is 0.0662. The van der Waals surface area contributed by atoms with Crippen LogP contribution in [-0.2, 0) is 11.3 Å². The lowest BCUT2D eigenvalue weighted by atomic mass is 10.1. The Morgan fingerprint density at radius 2 is 2.05 bits per heavy atom. The molecule has 3 aromatic rings. The van der Waals surface area contributed by atoms with Crippen LogP contribution in [0, 0.1) is 0 Å². The molecule has 10 heteroatoms. The number of rotatable bonds is 9. The molecule has 5 rings (SSSR count). The summed E-state index contributed by atoms with van der Waals surface area (Å²) in [6.07, 6.45) is 10.3. The minimum Gasteiger partial charge on any atom is -0.381 e. The highest BCUT2D eigenvalue weighted by Gasteiger charge is 2.26. The van der Waals surface area contributed by atoms with Crippen molar-refractivity contribution in [3.63, 3.8) is 0 Å². The van der Waals surface area contributed by atoms with Crippen LogP contribution in [0.2, 0.25) is 0 Å². The van der Waals surface area contributed by atoms with E-state index in [2.05, 4.69) is 45.3 Å². The number of aromatic nitrogens is 5. The van der Waals surface area contributed by atoms with E-state index in [0.717, 1.165) is 75.4 Å². The largest absolute Gasteiger partial charge is 0.381 e. The van der Waals surface area contributed by atoms with Crippen molar-refractivity contribution >= 4 is 22.7 Å².